The summed E-state index contributed by atoms with van der Waals surface area (Å²) in [4.78, 5) is 46.3. The van der Waals surface area contributed by atoms with Crippen LogP contribution in [0.4, 0.5) is 0 Å². The number of carbonyl (C=O) groups excluding carboxylic acids is 4. The quantitative estimate of drug-likeness (QED) is 0.412. The van der Waals surface area contributed by atoms with Crippen LogP contribution in [-0.2, 0) is 19.2 Å². The van der Waals surface area contributed by atoms with Gasteiger partial charge in [0, 0.05) is 25.9 Å². The van der Waals surface area contributed by atoms with Gasteiger partial charge in [0.2, 0.25) is 23.6 Å². The summed E-state index contributed by atoms with van der Waals surface area (Å²) in [5, 5.41) is 10.1. The highest BCUT2D eigenvalue weighted by atomic mass is 16.2. The van der Waals surface area contributed by atoms with Gasteiger partial charge in [-0.05, 0) is 13.8 Å². The fraction of sp³-hybridized carbons (Fsp3) is 0.667. The highest BCUT2D eigenvalue weighted by molar-refractivity contribution is 5.90. The van der Waals surface area contributed by atoms with E-state index in [1.807, 2.05) is 0 Å². The minimum atomic E-state index is -0.678. The van der Waals surface area contributed by atoms with E-state index in [0.29, 0.717) is 0 Å². The van der Waals surface area contributed by atoms with E-state index in [2.05, 4.69) is 21.3 Å². The summed E-state index contributed by atoms with van der Waals surface area (Å²) in [6, 6.07) is -1.36. The lowest BCUT2D eigenvalue weighted by Crippen LogP contribution is -2.49. The molecular formula is C12H20N4O4. The first-order chi connectivity index (χ1) is 9.40. The molecule has 112 valence electrons. The van der Waals surface area contributed by atoms with E-state index in [4.69, 9.17) is 0 Å². The lowest BCUT2D eigenvalue weighted by Gasteiger charge is -2.17. The van der Waals surface area contributed by atoms with Gasteiger partial charge >= 0.3 is 0 Å². The predicted octanol–water partition coefficient (Wildman–Crippen LogP) is -1.98. The molecular weight excluding hydrogens is 264 g/mol. The van der Waals surface area contributed by atoms with Gasteiger partial charge in [-0.3, -0.25) is 19.2 Å². The molecule has 0 spiro atoms. The molecule has 0 bridgehead atoms. The molecule has 8 nitrogen and oxygen atoms in total. The van der Waals surface area contributed by atoms with Gasteiger partial charge in [0.05, 0.1) is 0 Å². The molecule has 0 unspecified atom stereocenters. The third kappa shape index (κ3) is 5.25. The Morgan fingerprint density at radius 3 is 1.45 bits per heavy atom. The molecule has 0 aromatic rings. The van der Waals surface area contributed by atoms with Crippen LogP contribution in [0.15, 0.2) is 0 Å². The SMILES string of the molecule is C[C@@H]1NC(=O)CCNC(=O)[C@H](C)NC(=O)CCNC1=O. The second-order valence-corrected chi connectivity index (χ2v) is 4.66. The van der Waals surface area contributed by atoms with Crippen LogP contribution in [-0.4, -0.2) is 48.8 Å². The molecule has 1 aliphatic heterocycles. The van der Waals surface area contributed by atoms with Crippen LogP contribution in [0.2, 0.25) is 0 Å². The van der Waals surface area contributed by atoms with Crippen molar-refractivity contribution in [2.75, 3.05) is 13.1 Å². The molecule has 20 heavy (non-hydrogen) atoms. The van der Waals surface area contributed by atoms with E-state index >= 15 is 0 Å². The zero-order chi connectivity index (χ0) is 15.1. The van der Waals surface area contributed by atoms with E-state index in [1.54, 1.807) is 13.8 Å². The topological polar surface area (TPSA) is 116 Å². The highest BCUT2D eigenvalue weighted by Gasteiger charge is 2.19. The van der Waals surface area contributed by atoms with E-state index in [0.717, 1.165) is 0 Å². The fourth-order valence-corrected chi connectivity index (χ4v) is 1.66. The second kappa shape index (κ2) is 7.46. The number of nitrogens with one attached hydrogen (secondary N) is 4. The maximum atomic E-state index is 11.6. The smallest absolute Gasteiger partial charge is 0.242 e. The summed E-state index contributed by atoms with van der Waals surface area (Å²) in [6.45, 7) is 3.41. The fourth-order valence-electron chi connectivity index (χ4n) is 1.66. The third-order valence-corrected chi connectivity index (χ3v) is 2.84. The van der Waals surface area contributed by atoms with Gasteiger partial charge in [-0.2, -0.15) is 0 Å². The molecule has 1 saturated heterocycles. The Kier molecular flexibility index (Phi) is 5.95. The zero-order valence-electron chi connectivity index (χ0n) is 11.6. The van der Waals surface area contributed by atoms with Crippen molar-refractivity contribution in [1.82, 2.24) is 21.3 Å². The van der Waals surface area contributed by atoms with E-state index in [-0.39, 0.29) is 49.6 Å². The first-order valence-corrected chi connectivity index (χ1v) is 6.54. The van der Waals surface area contributed by atoms with Crippen LogP contribution >= 0.6 is 0 Å². The first kappa shape index (κ1) is 15.9. The van der Waals surface area contributed by atoms with Gasteiger partial charge in [0.15, 0.2) is 0 Å². The Morgan fingerprint density at radius 1 is 0.750 bits per heavy atom. The minimum Gasteiger partial charge on any atom is -0.354 e. The summed E-state index contributed by atoms with van der Waals surface area (Å²) >= 11 is 0. The maximum absolute atomic E-state index is 11.6. The third-order valence-electron chi connectivity index (χ3n) is 2.84. The average molecular weight is 284 g/mol. The molecule has 0 radical (unpaired) electrons. The predicted molar refractivity (Wildman–Crippen MR) is 70.5 cm³/mol. The van der Waals surface area contributed by atoms with Crippen molar-refractivity contribution in [3.05, 3.63) is 0 Å². The Labute approximate surface area is 117 Å². The van der Waals surface area contributed by atoms with Crippen LogP contribution in [0.1, 0.15) is 26.7 Å². The summed E-state index contributed by atoms with van der Waals surface area (Å²) in [5.41, 5.74) is 0. The second-order valence-electron chi connectivity index (χ2n) is 4.66. The van der Waals surface area contributed by atoms with Crippen LogP contribution in [0.25, 0.3) is 0 Å². The lowest BCUT2D eigenvalue weighted by molar-refractivity contribution is -0.130. The van der Waals surface area contributed by atoms with E-state index in [1.165, 1.54) is 0 Å². The van der Waals surface area contributed by atoms with Crippen molar-refractivity contribution in [2.45, 2.75) is 38.8 Å². The van der Waals surface area contributed by atoms with Crippen LogP contribution in [0.3, 0.4) is 0 Å². The number of amides is 4. The lowest BCUT2D eigenvalue weighted by atomic mass is 10.2. The molecule has 2 atom stereocenters. The number of hydrogen-bond acceptors (Lipinski definition) is 4. The van der Waals surface area contributed by atoms with Crippen molar-refractivity contribution >= 4 is 23.6 Å². The molecule has 4 amide bonds. The Hall–Kier alpha value is -2.12. The van der Waals surface area contributed by atoms with Crippen molar-refractivity contribution in [3.63, 3.8) is 0 Å². The normalized spacial score (nSPS) is 26.7. The van der Waals surface area contributed by atoms with E-state index in [9.17, 15) is 19.2 Å². The van der Waals surface area contributed by atoms with Gasteiger partial charge in [-0.25, -0.2) is 0 Å². The molecule has 1 aliphatic rings. The zero-order valence-corrected chi connectivity index (χ0v) is 11.6. The van der Waals surface area contributed by atoms with Gasteiger partial charge in [0.1, 0.15) is 12.1 Å². The van der Waals surface area contributed by atoms with Gasteiger partial charge < -0.3 is 21.3 Å². The molecule has 1 fully saturated rings. The Morgan fingerprint density at radius 2 is 1.10 bits per heavy atom. The maximum Gasteiger partial charge on any atom is 0.242 e. The first-order valence-electron chi connectivity index (χ1n) is 6.54. The van der Waals surface area contributed by atoms with Crippen LogP contribution in [0, 0.1) is 0 Å². The molecule has 8 heteroatoms. The highest BCUT2D eigenvalue weighted by Crippen LogP contribution is 1.90. The Balaban J connectivity index is 2.64. The average Bonchev–Trinajstić information content (AvgIpc) is 2.37. The van der Waals surface area contributed by atoms with Crippen molar-refractivity contribution in [1.29, 1.82) is 0 Å². The van der Waals surface area contributed by atoms with Gasteiger partial charge in [-0.15, -0.1) is 0 Å². The molecule has 1 heterocycles. The minimum absolute atomic E-state index is 0.0734. The molecule has 1 rings (SSSR count). The Bertz CT molecular complexity index is 372. The molecule has 0 saturated carbocycles. The van der Waals surface area contributed by atoms with Crippen molar-refractivity contribution in [3.8, 4) is 0 Å². The molecule has 0 aromatic carbocycles. The summed E-state index contributed by atoms with van der Waals surface area (Å²) < 4.78 is 0. The summed E-state index contributed by atoms with van der Waals surface area (Å²) in [7, 11) is 0. The van der Waals surface area contributed by atoms with E-state index < -0.39 is 12.1 Å². The summed E-state index contributed by atoms with van der Waals surface area (Å²) in [5.74, 6) is -1.33. The van der Waals surface area contributed by atoms with Crippen molar-refractivity contribution < 1.29 is 19.2 Å². The molecule has 0 aliphatic carbocycles. The largest absolute Gasteiger partial charge is 0.354 e. The summed E-state index contributed by atoms with van der Waals surface area (Å²) in [6.07, 6.45) is 0.147. The van der Waals surface area contributed by atoms with Crippen molar-refractivity contribution in [2.24, 2.45) is 0 Å². The van der Waals surface area contributed by atoms with Gasteiger partial charge in [-0.1, -0.05) is 0 Å². The standard InChI is InChI=1S/C12H20N4O4/c1-7-11(19)13-5-4-10(18)16-8(2)12(20)14-6-3-9(17)15-7/h7-8H,3-6H2,1-2H3,(H,13,19)(H,14,20)(H,15,17)(H,16,18)/t7-,8-/m0/s1. The van der Waals surface area contributed by atoms with Crippen LogP contribution in [0.5, 0.6) is 0 Å². The molecule has 4 N–H and O–H groups in total. The number of hydrogen-bond donors (Lipinski definition) is 4. The number of rotatable bonds is 0. The molecule has 0 aromatic heterocycles. The monoisotopic (exact) mass is 284 g/mol. The number of carbonyl (C=O) groups is 4. The van der Waals surface area contributed by atoms with Gasteiger partial charge in [0.25, 0.3) is 0 Å². The van der Waals surface area contributed by atoms with Crippen LogP contribution < -0.4 is 21.3 Å².